The fourth-order valence-corrected chi connectivity index (χ4v) is 2.01. The van der Waals surface area contributed by atoms with Gasteiger partial charge in [-0.3, -0.25) is 4.79 Å². The summed E-state index contributed by atoms with van der Waals surface area (Å²) in [5.41, 5.74) is 2.45. The Balaban J connectivity index is 2.38. The maximum atomic E-state index is 11.8. The number of aromatic nitrogens is 4. The van der Waals surface area contributed by atoms with Gasteiger partial charge in [-0.05, 0) is 25.5 Å². The second-order valence-electron chi connectivity index (χ2n) is 4.23. The number of fused-ring (bicyclic) bond motifs is 1. The average molecular weight is 240 g/mol. The normalized spacial score (nSPS) is 11.0. The monoisotopic (exact) mass is 240 g/mol. The van der Waals surface area contributed by atoms with E-state index in [1.54, 1.807) is 17.8 Å². The first kappa shape index (κ1) is 10.7. The SMILES string of the molecule is Cc1nc2c(cnn2-c2ccccc2C)c(=O)[nH]1. The number of nitrogens with one attached hydrogen (secondary N) is 1. The zero-order valence-corrected chi connectivity index (χ0v) is 10.1. The molecule has 90 valence electrons. The van der Waals surface area contributed by atoms with Crippen LogP contribution >= 0.6 is 0 Å². The molecule has 0 atom stereocenters. The summed E-state index contributed by atoms with van der Waals surface area (Å²) in [4.78, 5) is 18.8. The van der Waals surface area contributed by atoms with Crippen molar-refractivity contribution in [2.45, 2.75) is 13.8 Å². The predicted molar refractivity (Wildman–Crippen MR) is 69.0 cm³/mol. The molecule has 0 aliphatic heterocycles. The van der Waals surface area contributed by atoms with E-state index < -0.39 is 0 Å². The minimum absolute atomic E-state index is 0.155. The molecule has 18 heavy (non-hydrogen) atoms. The molecule has 0 radical (unpaired) electrons. The zero-order valence-electron chi connectivity index (χ0n) is 10.1. The summed E-state index contributed by atoms with van der Waals surface area (Å²) in [5.74, 6) is 0.586. The number of aryl methyl sites for hydroxylation is 2. The van der Waals surface area contributed by atoms with Crippen LogP contribution in [0.1, 0.15) is 11.4 Å². The van der Waals surface area contributed by atoms with Crippen LogP contribution in [0.25, 0.3) is 16.7 Å². The van der Waals surface area contributed by atoms with Crippen molar-refractivity contribution in [2.75, 3.05) is 0 Å². The number of para-hydroxylation sites is 1. The number of rotatable bonds is 1. The second-order valence-corrected chi connectivity index (χ2v) is 4.23. The lowest BCUT2D eigenvalue weighted by molar-refractivity contribution is 0.881. The molecule has 0 bridgehead atoms. The van der Waals surface area contributed by atoms with E-state index in [4.69, 9.17) is 0 Å². The molecule has 5 nitrogen and oxygen atoms in total. The third-order valence-electron chi connectivity index (χ3n) is 2.90. The minimum Gasteiger partial charge on any atom is -0.310 e. The Morgan fingerprint density at radius 1 is 1.22 bits per heavy atom. The Labute approximate surface area is 103 Å². The van der Waals surface area contributed by atoms with Crippen LogP contribution in [0.15, 0.2) is 35.3 Å². The molecular formula is C13H12N4O. The van der Waals surface area contributed by atoms with Crippen LogP contribution in [0.5, 0.6) is 0 Å². The van der Waals surface area contributed by atoms with Crippen LogP contribution in [-0.2, 0) is 0 Å². The first-order chi connectivity index (χ1) is 8.66. The number of hydrogen-bond acceptors (Lipinski definition) is 3. The molecule has 0 aliphatic carbocycles. The van der Waals surface area contributed by atoms with Gasteiger partial charge in [0.2, 0.25) is 0 Å². The van der Waals surface area contributed by atoms with Gasteiger partial charge in [0.25, 0.3) is 5.56 Å². The molecule has 0 unspecified atom stereocenters. The Morgan fingerprint density at radius 2 is 2.00 bits per heavy atom. The molecule has 0 saturated heterocycles. The van der Waals surface area contributed by atoms with E-state index in [9.17, 15) is 4.79 Å². The van der Waals surface area contributed by atoms with Crippen molar-refractivity contribution in [1.82, 2.24) is 19.7 Å². The van der Waals surface area contributed by atoms with E-state index in [0.717, 1.165) is 11.3 Å². The van der Waals surface area contributed by atoms with Crippen molar-refractivity contribution >= 4 is 11.0 Å². The van der Waals surface area contributed by atoms with Gasteiger partial charge in [0, 0.05) is 0 Å². The Kier molecular flexibility index (Phi) is 2.26. The lowest BCUT2D eigenvalue weighted by atomic mass is 10.2. The van der Waals surface area contributed by atoms with Crippen LogP contribution in [0, 0.1) is 13.8 Å². The number of hydrogen-bond donors (Lipinski definition) is 1. The minimum atomic E-state index is -0.155. The highest BCUT2D eigenvalue weighted by Crippen LogP contribution is 2.16. The molecule has 1 aromatic carbocycles. The maximum absolute atomic E-state index is 11.8. The first-order valence-electron chi connectivity index (χ1n) is 5.67. The van der Waals surface area contributed by atoms with E-state index in [-0.39, 0.29) is 5.56 Å². The molecule has 2 heterocycles. The van der Waals surface area contributed by atoms with Crippen molar-refractivity contribution in [3.05, 3.63) is 52.2 Å². The summed E-state index contributed by atoms with van der Waals surface area (Å²) in [6, 6.07) is 7.87. The standard InChI is InChI=1S/C13H12N4O/c1-8-5-3-4-6-11(8)17-12-10(7-14-17)13(18)16-9(2)15-12/h3-7H,1-2H3,(H,15,16,18). The molecule has 0 aliphatic rings. The zero-order chi connectivity index (χ0) is 12.7. The Bertz CT molecular complexity index is 785. The molecule has 1 N–H and O–H groups in total. The van der Waals surface area contributed by atoms with E-state index >= 15 is 0 Å². The molecule has 3 rings (SSSR count). The van der Waals surface area contributed by atoms with Crippen molar-refractivity contribution < 1.29 is 0 Å². The van der Waals surface area contributed by atoms with Crippen molar-refractivity contribution in [2.24, 2.45) is 0 Å². The second kappa shape index (κ2) is 3.80. The van der Waals surface area contributed by atoms with Gasteiger partial charge < -0.3 is 4.98 Å². The van der Waals surface area contributed by atoms with Crippen LogP contribution in [0.4, 0.5) is 0 Å². The summed E-state index contributed by atoms with van der Waals surface area (Å²) in [5, 5.41) is 4.77. The summed E-state index contributed by atoms with van der Waals surface area (Å²) in [6.45, 7) is 3.76. The van der Waals surface area contributed by atoms with Gasteiger partial charge in [-0.25, -0.2) is 9.67 Å². The van der Waals surface area contributed by atoms with E-state index in [1.165, 1.54) is 0 Å². The van der Waals surface area contributed by atoms with Crippen molar-refractivity contribution in [3.8, 4) is 5.69 Å². The highest BCUT2D eigenvalue weighted by Gasteiger charge is 2.11. The van der Waals surface area contributed by atoms with Crippen molar-refractivity contribution in [1.29, 1.82) is 0 Å². The predicted octanol–water partition coefficient (Wildman–Crippen LogP) is 1.73. The highest BCUT2D eigenvalue weighted by molar-refractivity contribution is 5.75. The lowest BCUT2D eigenvalue weighted by Gasteiger charge is -2.06. The van der Waals surface area contributed by atoms with Gasteiger partial charge in [0.1, 0.15) is 11.2 Å². The van der Waals surface area contributed by atoms with Gasteiger partial charge in [-0.2, -0.15) is 5.10 Å². The lowest BCUT2D eigenvalue weighted by Crippen LogP contribution is -2.10. The number of benzene rings is 1. The molecular weight excluding hydrogens is 228 g/mol. The van der Waals surface area contributed by atoms with Crippen molar-refractivity contribution in [3.63, 3.8) is 0 Å². The van der Waals surface area contributed by atoms with E-state index in [2.05, 4.69) is 15.1 Å². The Morgan fingerprint density at radius 3 is 2.78 bits per heavy atom. The number of nitrogens with zero attached hydrogens (tertiary/aromatic N) is 3. The highest BCUT2D eigenvalue weighted by atomic mass is 16.1. The van der Waals surface area contributed by atoms with Crippen LogP contribution in [0.2, 0.25) is 0 Å². The van der Waals surface area contributed by atoms with Gasteiger partial charge in [-0.1, -0.05) is 18.2 Å². The average Bonchev–Trinajstić information content (AvgIpc) is 2.73. The summed E-state index contributed by atoms with van der Waals surface area (Å²) in [7, 11) is 0. The molecule has 0 saturated carbocycles. The molecule has 0 spiro atoms. The third kappa shape index (κ3) is 1.52. The molecule has 5 heteroatoms. The molecule has 0 fully saturated rings. The largest absolute Gasteiger partial charge is 0.310 e. The van der Waals surface area contributed by atoms with Gasteiger partial charge >= 0.3 is 0 Å². The number of aromatic amines is 1. The quantitative estimate of drug-likeness (QED) is 0.704. The molecule has 3 aromatic rings. The van der Waals surface area contributed by atoms with Crippen LogP contribution in [0.3, 0.4) is 0 Å². The van der Waals surface area contributed by atoms with E-state index in [1.807, 2.05) is 31.2 Å². The Hall–Kier alpha value is -2.43. The molecule has 2 aromatic heterocycles. The van der Waals surface area contributed by atoms with Crippen LogP contribution in [-0.4, -0.2) is 19.7 Å². The topological polar surface area (TPSA) is 63.6 Å². The summed E-state index contributed by atoms with van der Waals surface area (Å²) >= 11 is 0. The number of H-pyrrole nitrogens is 1. The maximum Gasteiger partial charge on any atom is 0.262 e. The van der Waals surface area contributed by atoms with Crippen LogP contribution < -0.4 is 5.56 Å². The molecule has 0 amide bonds. The fourth-order valence-electron chi connectivity index (χ4n) is 2.01. The summed E-state index contributed by atoms with van der Waals surface area (Å²) < 4.78 is 1.70. The fraction of sp³-hybridized carbons (Fsp3) is 0.154. The third-order valence-corrected chi connectivity index (χ3v) is 2.90. The van der Waals surface area contributed by atoms with Gasteiger partial charge in [0.15, 0.2) is 5.65 Å². The first-order valence-corrected chi connectivity index (χ1v) is 5.67. The van der Waals surface area contributed by atoms with E-state index in [0.29, 0.717) is 16.9 Å². The smallest absolute Gasteiger partial charge is 0.262 e. The van der Waals surface area contributed by atoms with Gasteiger partial charge in [0.05, 0.1) is 11.9 Å². The van der Waals surface area contributed by atoms with Gasteiger partial charge in [-0.15, -0.1) is 0 Å². The summed E-state index contributed by atoms with van der Waals surface area (Å²) in [6.07, 6.45) is 1.55.